The van der Waals surface area contributed by atoms with E-state index in [0.29, 0.717) is 11.1 Å². The Labute approximate surface area is 199 Å². The molecule has 2 atom stereocenters. The molecule has 0 aliphatic carbocycles. The van der Waals surface area contributed by atoms with Crippen LogP contribution >= 0.6 is 0 Å². The Morgan fingerprint density at radius 1 is 1.11 bits per heavy atom. The molecule has 8 nitrogen and oxygen atoms in total. The molecule has 0 fully saturated rings. The predicted molar refractivity (Wildman–Crippen MR) is 126 cm³/mol. The SMILES string of the molecule is CC(N)C#Cc1cccc([C@@H](C)n2c(=O)oc3cc(S(=O)(=O)Nc4cccc(F)n4)c(F)cc32)c1. The van der Waals surface area contributed by atoms with Crippen LogP contribution in [0.4, 0.5) is 14.6 Å². The van der Waals surface area contributed by atoms with Gasteiger partial charge in [0.15, 0.2) is 5.58 Å². The minimum absolute atomic E-state index is 0.0647. The second-order valence-corrected chi connectivity index (χ2v) is 9.45. The molecule has 1 unspecified atom stereocenters. The van der Waals surface area contributed by atoms with Gasteiger partial charge in [0.05, 0.1) is 17.6 Å². The summed E-state index contributed by atoms with van der Waals surface area (Å²) in [4.78, 5) is 15.3. The van der Waals surface area contributed by atoms with Crippen LogP contribution in [0.1, 0.15) is 31.0 Å². The largest absolute Gasteiger partial charge is 0.420 e. The third-order valence-electron chi connectivity index (χ3n) is 5.11. The molecule has 2 aromatic carbocycles. The molecule has 4 aromatic rings. The van der Waals surface area contributed by atoms with Crippen molar-refractivity contribution in [3.05, 3.63) is 88.0 Å². The highest BCUT2D eigenvalue weighted by Crippen LogP contribution is 2.28. The minimum Gasteiger partial charge on any atom is -0.408 e. The molecule has 2 aromatic heterocycles. The van der Waals surface area contributed by atoms with E-state index in [0.717, 1.165) is 18.2 Å². The van der Waals surface area contributed by atoms with E-state index in [1.807, 2.05) is 4.72 Å². The number of nitrogens with two attached hydrogens (primary N) is 1. The van der Waals surface area contributed by atoms with E-state index < -0.39 is 38.5 Å². The summed E-state index contributed by atoms with van der Waals surface area (Å²) in [7, 11) is -4.50. The van der Waals surface area contributed by atoms with Crippen LogP contribution in [0, 0.1) is 23.6 Å². The van der Waals surface area contributed by atoms with Gasteiger partial charge in [-0.15, -0.1) is 0 Å². The second kappa shape index (κ2) is 9.32. The van der Waals surface area contributed by atoms with Gasteiger partial charge in [-0.2, -0.15) is 4.39 Å². The van der Waals surface area contributed by atoms with Crippen molar-refractivity contribution in [2.24, 2.45) is 5.73 Å². The lowest BCUT2D eigenvalue weighted by atomic mass is 10.0. The van der Waals surface area contributed by atoms with E-state index in [1.165, 1.54) is 16.7 Å². The Hall–Kier alpha value is -4.01. The highest BCUT2D eigenvalue weighted by molar-refractivity contribution is 7.92. The Morgan fingerprint density at radius 3 is 2.57 bits per heavy atom. The summed E-state index contributed by atoms with van der Waals surface area (Å²) in [6.45, 7) is 3.47. The van der Waals surface area contributed by atoms with Gasteiger partial charge in [-0.05, 0) is 43.7 Å². The smallest absolute Gasteiger partial charge is 0.408 e. The molecule has 0 aliphatic rings. The Morgan fingerprint density at radius 2 is 1.86 bits per heavy atom. The third kappa shape index (κ3) is 5.08. The van der Waals surface area contributed by atoms with Gasteiger partial charge < -0.3 is 10.2 Å². The van der Waals surface area contributed by atoms with Gasteiger partial charge in [-0.1, -0.05) is 30.0 Å². The van der Waals surface area contributed by atoms with Crippen molar-refractivity contribution in [1.82, 2.24) is 9.55 Å². The predicted octanol–water partition coefficient (Wildman–Crippen LogP) is 3.38. The molecule has 4 rings (SSSR count). The Balaban J connectivity index is 1.74. The van der Waals surface area contributed by atoms with Gasteiger partial charge in [0.1, 0.15) is 16.5 Å². The zero-order valence-electron chi connectivity index (χ0n) is 18.6. The van der Waals surface area contributed by atoms with Gasteiger partial charge in [0.2, 0.25) is 5.95 Å². The number of hydrogen-bond donors (Lipinski definition) is 2. The van der Waals surface area contributed by atoms with Crippen LogP contribution < -0.4 is 16.2 Å². The molecule has 35 heavy (non-hydrogen) atoms. The molecule has 11 heteroatoms. The molecule has 3 N–H and O–H groups in total. The number of sulfonamides is 1. The fraction of sp³-hybridized carbons (Fsp3) is 0.167. The van der Waals surface area contributed by atoms with E-state index in [-0.39, 0.29) is 23.0 Å². The summed E-state index contributed by atoms with van der Waals surface area (Å²) < 4.78 is 62.2. The molecule has 0 aliphatic heterocycles. The van der Waals surface area contributed by atoms with Crippen LogP contribution in [0.15, 0.2) is 68.7 Å². The number of aromatic nitrogens is 2. The highest BCUT2D eigenvalue weighted by Gasteiger charge is 2.25. The molecule has 0 saturated heterocycles. The summed E-state index contributed by atoms with van der Waals surface area (Å²) in [5.74, 6) is 2.64. The van der Waals surface area contributed by atoms with Crippen LogP contribution in [-0.2, 0) is 10.0 Å². The number of hydrogen-bond acceptors (Lipinski definition) is 6. The average Bonchev–Trinajstić information content (AvgIpc) is 3.11. The molecule has 0 radical (unpaired) electrons. The van der Waals surface area contributed by atoms with Crippen molar-refractivity contribution >= 4 is 26.9 Å². The van der Waals surface area contributed by atoms with Crippen LogP contribution in [0.5, 0.6) is 0 Å². The maximum atomic E-state index is 15.0. The minimum atomic E-state index is -4.50. The van der Waals surface area contributed by atoms with Crippen molar-refractivity contribution in [2.75, 3.05) is 4.72 Å². The van der Waals surface area contributed by atoms with Crippen LogP contribution in [-0.4, -0.2) is 24.0 Å². The number of oxazole rings is 1. The van der Waals surface area contributed by atoms with Crippen molar-refractivity contribution in [1.29, 1.82) is 0 Å². The number of nitrogens with one attached hydrogen (secondary N) is 1. The van der Waals surface area contributed by atoms with Gasteiger partial charge in [0.25, 0.3) is 10.0 Å². The third-order valence-corrected chi connectivity index (χ3v) is 6.48. The highest BCUT2D eigenvalue weighted by atomic mass is 32.2. The fourth-order valence-electron chi connectivity index (χ4n) is 3.49. The van der Waals surface area contributed by atoms with Crippen molar-refractivity contribution in [2.45, 2.75) is 30.8 Å². The quantitative estimate of drug-likeness (QED) is 0.322. The Bertz CT molecular complexity index is 1650. The lowest BCUT2D eigenvalue weighted by molar-refractivity contribution is 0.489. The van der Waals surface area contributed by atoms with Crippen molar-refractivity contribution in [3.8, 4) is 11.8 Å². The van der Waals surface area contributed by atoms with E-state index in [1.54, 1.807) is 38.1 Å². The maximum absolute atomic E-state index is 15.0. The molecule has 0 amide bonds. The first-order valence-corrected chi connectivity index (χ1v) is 11.9. The summed E-state index contributed by atoms with van der Waals surface area (Å²) in [6, 6.07) is 11.5. The number of fused-ring (bicyclic) bond motifs is 1. The number of halogens is 2. The number of anilines is 1. The van der Waals surface area contributed by atoms with Crippen LogP contribution in [0.2, 0.25) is 0 Å². The number of benzene rings is 2. The lowest BCUT2D eigenvalue weighted by Gasteiger charge is -2.14. The van der Waals surface area contributed by atoms with E-state index >= 15 is 0 Å². The molecule has 180 valence electrons. The van der Waals surface area contributed by atoms with Gasteiger partial charge in [0, 0.05) is 17.7 Å². The zero-order chi connectivity index (χ0) is 25.3. The molecule has 2 heterocycles. The first-order chi connectivity index (χ1) is 16.5. The summed E-state index contributed by atoms with van der Waals surface area (Å²) in [6.07, 6.45) is 0. The normalized spacial score (nSPS) is 13.2. The van der Waals surface area contributed by atoms with Crippen molar-refractivity contribution < 1.29 is 21.6 Å². The first-order valence-electron chi connectivity index (χ1n) is 10.4. The molecule has 0 saturated carbocycles. The number of nitrogens with zero attached hydrogens (tertiary/aromatic N) is 2. The van der Waals surface area contributed by atoms with E-state index in [2.05, 4.69) is 16.8 Å². The van der Waals surface area contributed by atoms with Crippen LogP contribution in [0.25, 0.3) is 11.1 Å². The van der Waals surface area contributed by atoms with Gasteiger partial charge in [-0.3, -0.25) is 9.29 Å². The lowest BCUT2D eigenvalue weighted by Crippen LogP contribution is -2.19. The number of pyridine rings is 1. The van der Waals surface area contributed by atoms with Crippen LogP contribution in [0.3, 0.4) is 0 Å². The molecular weight excluding hydrogens is 478 g/mol. The fourth-order valence-corrected chi connectivity index (χ4v) is 4.57. The topological polar surface area (TPSA) is 120 Å². The molecule has 0 spiro atoms. The summed E-state index contributed by atoms with van der Waals surface area (Å²) >= 11 is 0. The summed E-state index contributed by atoms with van der Waals surface area (Å²) in [5, 5.41) is 0. The van der Waals surface area contributed by atoms with Gasteiger partial charge in [-0.25, -0.2) is 22.6 Å². The van der Waals surface area contributed by atoms with E-state index in [9.17, 15) is 22.0 Å². The summed E-state index contributed by atoms with van der Waals surface area (Å²) in [5.41, 5.74) is 6.98. The van der Waals surface area contributed by atoms with E-state index in [4.69, 9.17) is 10.2 Å². The van der Waals surface area contributed by atoms with Crippen molar-refractivity contribution in [3.63, 3.8) is 0 Å². The first kappa shape index (κ1) is 24.1. The number of rotatable bonds is 5. The zero-order valence-corrected chi connectivity index (χ0v) is 19.4. The monoisotopic (exact) mass is 498 g/mol. The second-order valence-electron chi connectivity index (χ2n) is 7.80. The Kier molecular flexibility index (Phi) is 6.43. The molecule has 0 bridgehead atoms. The average molecular weight is 499 g/mol. The molecular formula is C24H20F2N4O4S. The standard InChI is InChI=1S/C24H20F2N4O4S/c1-14(27)9-10-16-5-3-6-17(11-16)15(2)30-19-12-18(25)21(13-20(19)34-24(30)31)35(32,33)29-23-8-4-7-22(26)28-23/h3-8,11-15H,27H2,1-2H3,(H,28,29)/t14?,15-/m1/s1. The van der Waals surface area contributed by atoms with Gasteiger partial charge >= 0.3 is 5.76 Å². The maximum Gasteiger partial charge on any atom is 0.420 e.